The highest BCUT2D eigenvalue weighted by Gasteiger charge is 2.46. The molecule has 2 bridgehead atoms. The molecule has 0 spiro atoms. The van der Waals surface area contributed by atoms with E-state index in [0.29, 0.717) is 0 Å². The molecule has 1 aromatic carbocycles. The number of aromatic amines is 1. The van der Waals surface area contributed by atoms with Gasteiger partial charge in [0.2, 0.25) is 5.56 Å². The van der Waals surface area contributed by atoms with E-state index in [1.54, 1.807) is 6.07 Å². The maximum atomic E-state index is 12.0. The van der Waals surface area contributed by atoms with Crippen molar-refractivity contribution in [2.24, 2.45) is 10.9 Å². The minimum atomic E-state index is -0.446. The zero-order chi connectivity index (χ0) is 22.7. The normalized spacial score (nSPS) is 23.6. The maximum Gasteiger partial charge on any atom is 0.248 e. The van der Waals surface area contributed by atoms with Gasteiger partial charge < -0.3 is 9.88 Å². The molecular formula is C28H33N3O. The molecule has 1 heterocycles. The summed E-state index contributed by atoms with van der Waals surface area (Å²) in [5.41, 5.74) is 6.77. The predicted molar refractivity (Wildman–Crippen MR) is 136 cm³/mol. The van der Waals surface area contributed by atoms with E-state index in [4.69, 9.17) is 4.99 Å². The summed E-state index contributed by atoms with van der Waals surface area (Å²) in [6, 6.07) is 12.1. The van der Waals surface area contributed by atoms with Crippen molar-refractivity contribution in [1.82, 2.24) is 4.98 Å². The molecule has 4 rings (SSSR count). The lowest BCUT2D eigenvalue weighted by Crippen LogP contribution is -2.40. The van der Waals surface area contributed by atoms with Gasteiger partial charge in [0.25, 0.3) is 0 Å². The average Bonchev–Trinajstić information content (AvgIpc) is 2.77. The molecule has 2 aliphatic rings. The minimum Gasteiger partial charge on any atom is -0.372 e. The number of anilines is 1. The summed E-state index contributed by atoms with van der Waals surface area (Å²) in [5, 5.41) is 0. The summed E-state index contributed by atoms with van der Waals surface area (Å²) in [6.07, 6.45) is 12.4. The third-order valence-electron chi connectivity index (χ3n) is 6.78. The Morgan fingerprint density at radius 2 is 1.97 bits per heavy atom. The lowest BCUT2D eigenvalue weighted by atomic mass is 9.63. The van der Waals surface area contributed by atoms with Crippen LogP contribution in [0.15, 0.2) is 75.6 Å². The minimum absolute atomic E-state index is 0.0431. The van der Waals surface area contributed by atoms with Gasteiger partial charge in [-0.3, -0.25) is 9.79 Å². The van der Waals surface area contributed by atoms with Gasteiger partial charge in [-0.05, 0) is 63.5 Å². The zero-order valence-electron chi connectivity index (χ0n) is 19.6. The molecule has 0 fully saturated rings. The van der Waals surface area contributed by atoms with Crippen molar-refractivity contribution in [3.63, 3.8) is 0 Å². The topological polar surface area (TPSA) is 48.5 Å². The predicted octanol–water partition coefficient (Wildman–Crippen LogP) is 5.67. The maximum absolute atomic E-state index is 12.0. The van der Waals surface area contributed by atoms with E-state index < -0.39 is 5.54 Å². The van der Waals surface area contributed by atoms with Crippen LogP contribution in [0.2, 0.25) is 0 Å². The number of H-pyrrole nitrogens is 1. The van der Waals surface area contributed by atoms with Gasteiger partial charge in [-0.25, -0.2) is 0 Å². The lowest BCUT2D eigenvalue weighted by Gasteiger charge is -2.45. The van der Waals surface area contributed by atoms with Crippen molar-refractivity contribution >= 4 is 18.0 Å². The first-order valence-electron chi connectivity index (χ1n) is 11.6. The fourth-order valence-electron chi connectivity index (χ4n) is 5.45. The van der Waals surface area contributed by atoms with Crippen LogP contribution in [0.5, 0.6) is 0 Å². The first kappa shape index (κ1) is 22.1. The Morgan fingerprint density at radius 3 is 2.72 bits per heavy atom. The van der Waals surface area contributed by atoms with Crippen LogP contribution in [0, 0.1) is 5.92 Å². The van der Waals surface area contributed by atoms with Crippen LogP contribution in [0.4, 0.5) is 5.69 Å². The van der Waals surface area contributed by atoms with Gasteiger partial charge in [0.1, 0.15) is 5.54 Å². The monoisotopic (exact) mass is 427 g/mol. The molecule has 0 radical (unpaired) electrons. The van der Waals surface area contributed by atoms with Crippen LogP contribution in [-0.4, -0.2) is 24.3 Å². The molecule has 0 saturated carbocycles. The van der Waals surface area contributed by atoms with Crippen LogP contribution in [0.1, 0.15) is 50.9 Å². The van der Waals surface area contributed by atoms with E-state index in [1.165, 1.54) is 22.4 Å². The third-order valence-corrected chi connectivity index (χ3v) is 6.78. The molecule has 2 atom stereocenters. The van der Waals surface area contributed by atoms with Gasteiger partial charge in [0.15, 0.2) is 0 Å². The van der Waals surface area contributed by atoms with Gasteiger partial charge in [-0.2, -0.15) is 0 Å². The second-order valence-corrected chi connectivity index (χ2v) is 8.69. The number of nitrogens with zero attached hydrogens (tertiary/aromatic N) is 2. The molecule has 0 amide bonds. The smallest absolute Gasteiger partial charge is 0.248 e. The second kappa shape index (κ2) is 9.15. The van der Waals surface area contributed by atoms with E-state index in [-0.39, 0.29) is 11.5 Å². The SMILES string of the molecule is CC=C1C2C=C(C)CC1(N=CC=Cc1ccccc1N(CC)CC)c1ccc(=O)[nH]c1C2. The highest BCUT2D eigenvalue weighted by atomic mass is 16.1. The van der Waals surface area contributed by atoms with Crippen molar-refractivity contribution in [1.29, 1.82) is 0 Å². The summed E-state index contributed by atoms with van der Waals surface area (Å²) < 4.78 is 0. The van der Waals surface area contributed by atoms with Crippen LogP contribution >= 0.6 is 0 Å². The summed E-state index contributed by atoms with van der Waals surface area (Å²) in [7, 11) is 0. The Morgan fingerprint density at radius 1 is 1.19 bits per heavy atom. The van der Waals surface area contributed by atoms with E-state index in [9.17, 15) is 4.79 Å². The second-order valence-electron chi connectivity index (χ2n) is 8.69. The Kier molecular flexibility index (Phi) is 6.31. The molecule has 1 aromatic heterocycles. The number of benzene rings is 1. The summed E-state index contributed by atoms with van der Waals surface area (Å²) in [4.78, 5) is 22.6. The van der Waals surface area contributed by atoms with Crippen LogP contribution < -0.4 is 10.5 Å². The molecular weight excluding hydrogens is 394 g/mol. The van der Waals surface area contributed by atoms with Gasteiger partial charge in [-0.1, -0.05) is 42.0 Å². The molecule has 166 valence electrons. The van der Waals surface area contributed by atoms with Crippen molar-refractivity contribution in [2.75, 3.05) is 18.0 Å². The first-order valence-corrected chi connectivity index (χ1v) is 11.6. The first-order chi connectivity index (χ1) is 15.5. The Hall–Kier alpha value is -3.14. The van der Waals surface area contributed by atoms with Crippen LogP contribution in [0.3, 0.4) is 0 Å². The van der Waals surface area contributed by atoms with Gasteiger partial charge in [0, 0.05) is 54.7 Å². The lowest BCUT2D eigenvalue weighted by molar-refractivity contribution is 0.413. The molecule has 0 aliphatic heterocycles. The Bertz CT molecular complexity index is 1160. The van der Waals surface area contributed by atoms with E-state index in [2.05, 4.69) is 80.1 Å². The summed E-state index contributed by atoms with van der Waals surface area (Å²) in [6.45, 7) is 10.6. The summed E-state index contributed by atoms with van der Waals surface area (Å²) in [5.74, 6) is 0.281. The fourth-order valence-corrected chi connectivity index (χ4v) is 5.45. The number of fused-ring (bicyclic) bond motifs is 4. The molecule has 1 N–H and O–H groups in total. The van der Waals surface area contributed by atoms with Gasteiger partial charge in [0.05, 0.1) is 0 Å². The number of nitrogens with one attached hydrogen (secondary N) is 1. The zero-order valence-corrected chi connectivity index (χ0v) is 19.6. The number of aromatic nitrogens is 1. The molecule has 4 heteroatoms. The van der Waals surface area contributed by atoms with Gasteiger partial charge in [-0.15, -0.1) is 0 Å². The fraction of sp³-hybridized carbons (Fsp3) is 0.357. The molecule has 0 saturated heterocycles. The Balaban J connectivity index is 1.73. The standard InChI is InChI=1S/C28H33N3O/c1-5-23-22-17-20(4)19-28(23,24-14-15-27(32)30-25(24)18-22)29-16-10-12-21-11-8-9-13-26(21)31(6-2)7-3/h5,8-17,22H,6-7,18-19H2,1-4H3,(H,30,32). The number of para-hydroxylation sites is 1. The van der Waals surface area contributed by atoms with Crippen molar-refractivity contribution in [3.05, 3.63) is 92.9 Å². The number of hydrogen-bond donors (Lipinski definition) is 1. The number of allylic oxidation sites excluding steroid dienone is 3. The van der Waals surface area contributed by atoms with E-state index in [0.717, 1.165) is 37.2 Å². The third kappa shape index (κ3) is 3.90. The largest absolute Gasteiger partial charge is 0.372 e. The molecule has 2 unspecified atom stereocenters. The van der Waals surface area contributed by atoms with Gasteiger partial charge >= 0.3 is 0 Å². The quantitative estimate of drug-likeness (QED) is 0.477. The highest BCUT2D eigenvalue weighted by Crippen LogP contribution is 2.51. The molecule has 32 heavy (non-hydrogen) atoms. The Labute approximate surface area is 191 Å². The average molecular weight is 428 g/mol. The molecule has 2 aliphatic carbocycles. The number of pyridine rings is 1. The van der Waals surface area contributed by atoms with Crippen LogP contribution in [-0.2, 0) is 12.0 Å². The number of aliphatic imine (C=N–C) groups is 1. The van der Waals surface area contributed by atoms with Crippen molar-refractivity contribution in [3.8, 4) is 0 Å². The van der Waals surface area contributed by atoms with Crippen molar-refractivity contribution in [2.45, 2.75) is 46.1 Å². The van der Waals surface area contributed by atoms with E-state index in [1.807, 2.05) is 18.4 Å². The van der Waals surface area contributed by atoms with Crippen molar-refractivity contribution < 1.29 is 0 Å². The molecule has 4 nitrogen and oxygen atoms in total. The van der Waals surface area contributed by atoms with E-state index >= 15 is 0 Å². The number of rotatable bonds is 6. The van der Waals surface area contributed by atoms with Crippen LogP contribution in [0.25, 0.3) is 6.08 Å². The molecule has 2 aromatic rings. The summed E-state index contributed by atoms with van der Waals surface area (Å²) >= 11 is 0. The highest BCUT2D eigenvalue weighted by molar-refractivity contribution is 5.82. The number of hydrogen-bond acceptors (Lipinski definition) is 3.